The highest BCUT2D eigenvalue weighted by molar-refractivity contribution is 5.97. The molecular formula is C54H92N10O10. The molecule has 10 atom stereocenters. The molecule has 4 rings (SSSR count). The monoisotopic (exact) mass is 1040 g/mol. The summed E-state index contributed by atoms with van der Waals surface area (Å²) in [5.41, 5.74) is 6.69. The SMILES string of the molecule is CCC(C)CC(C)CCCCCCCCC(=O)N[C@H]1C[C@@H](O)C(NCCNCCO)NC(=O)C2CCCN2C(=O)C(CCCN)NC(=O)C(CCc2ccc(O)cc2)NC(=O)C2CCCN2C(=O)C(CC)NC1=O. The molecule has 0 saturated carbocycles. The fourth-order valence-corrected chi connectivity index (χ4v) is 10.4. The quantitative estimate of drug-likeness (QED) is 0.0593. The number of aromatic hydroxyl groups is 1. The average Bonchev–Trinajstić information content (AvgIpc) is 4.09. The Hall–Kier alpha value is -4.89. The van der Waals surface area contributed by atoms with Crippen molar-refractivity contribution < 1.29 is 48.9 Å². The van der Waals surface area contributed by atoms with Crippen molar-refractivity contribution in [3.63, 3.8) is 0 Å². The highest BCUT2D eigenvalue weighted by Crippen LogP contribution is 2.24. The van der Waals surface area contributed by atoms with E-state index in [1.807, 2.05) is 0 Å². The maximum absolute atomic E-state index is 14.5. The van der Waals surface area contributed by atoms with Gasteiger partial charge in [0.1, 0.15) is 48.2 Å². The summed E-state index contributed by atoms with van der Waals surface area (Å²) in [4.78, 5) is 103. The molecule has 0 spiro atoms. The highest BCUT2D eigenvalue weighted by Gasteiger charge is 2.42. The number of carbonyl (C=O) groups is 7. The molecule has 0 bridgehead atoms. The molecular weight excluding hydrogens is 949 g/mol. The first-order valence-corrected chi connectivity index (χ1v) is 27.9. The van der Waals surface area contributed by atoms with Crippen LogP contribution in [-0.2, 0) is 40.0 Å². The predicted molar refractivity (Wildman–Crippen MR) is 283 cm³/mol. The predicted octanol–water partition coefficient (Wildman–Crippen LogP) is 1.97. The maximum atomic E-state index is 14.5. The lowest BCUT2D eigenvalue weighted by Crippen LogP contribution is -2.61. The number of nitrogens with one attached hydrogen (secondary N) is 7. The number of aryl methyl sites for hydroxylation is 1. The number of rotatable bonds is 26. The zero-order valence-corrected chi connectivity index (χ0v) is 44.8. The summed E-state index contributed by atoms with van der Waals surface area (Å²) in [5.74, 6) is -2.50. The molecule has 1 aromatic carbocycles. The molecule has 3 saturated heterocycles. The minimum absolute atomic E-state index is 0.0647. The van der Waals surface area contributed by atoms with E-state index >= 15 is 0 Å². The Kier molecular flexibility index (Phi) is 27.7. The summed E-state index contributed by atoms with van der Waals surface area (Å²) in [7, 11) is 0. The number of aliphatic hydroxyl groups excluding tert-OH is 2. The van der Waals surface area contributed by atoms with Gasteiger partial charge in [-0.3, -0.25) is 38.9 Å². The van der Waals surface area contributed by atoms with Crippen molar-refractivity contribution in [1.82, 2.24) is 47.0 Å². The molecule has 20 heteroatoms. The van der Waals surface area contributed by atoms with Crippen molar-refractivity contribution in [2.75, 3.05) is 45.9 Å². The Morgan fingerprint density at radius 1 is 0.730 bits per heavy atom. The second kappa shape index (κ2) is 33.2. The minimum Gasteiger partial charge on any atom is -0.508 e. The molecule has 0 aromatic heterocycles. The van der Waals surface area contributed by atoms with Gasteiger partial charge < -0.3 is 62.8 Å². The van der Waals surface area contributed by atoms with Crippen LogP contribution in [0.2, 0.25) is 0 Å². The van der Waals surface area contributed by atoms with Crippen LogP contribution >= 0.6 is 0 Å². The van der Waals surface area contributed by atoms with Gasteiger partial charge in [-0.2, -0.15) is 0 Å². The summed E-state index contributed by atoms with van der Waals surface area (Å²) < 4.78 is 0. The van der Waals surface area contributed by atoms with Gasteiger partial charge >= 0.3 is 0 Å². The van der Waals surface area contributed by atoms with E-state index in [1.165, 1.54) is 47.6 Å². The topological polar surface area (TPSA) is 297 Å². The zero-order chi connectivity index (χ0) is 54.0. The number of amides is 7. The highest BCUT2D eigenvalue weighted by atomic mass is 16.3. The number of nitrogens with two attached hydrogens (primary N) is 1. The smallest absolute Gasteiger partial charge is 0.245 e. The third-order valence-electron chi connectivity index (χ3n) is 14.9. The van der Waals surface area contributed by atoms with Gasteiger partial charge in [0.15, 0.2) is 0 Å². The first-order valence-electron chi connectivity index (χ1n) is 27.9. The Morgan fingerprint density at radius 2 is 1.34 bits per heavy atom. The van der Waals surface area contributed by atoms with Crippen LogP contribution in [-0.4, -0.2) is 161 Å². The fourth-order valence-electron chi connectivity index (χ4n) is 10.4. The van der Waals surface area contributed by atoms with Gasteiger partial charge in [0, 0.05) is 45.6 Å². The summed E-state index contributed by atoms with van der Waals surface area (Å²) >= 11 is 0. The van der Waals surface area contributed by atoms with Gasteiger partial charge in [-0.25, -0.2) is 0 Å². The van der Waals surface area contributed by atoms with Crippen LogP contribution in [0.4, 0.5) is 0 Å². The van der Waals surface area contributed by atoms with Crippen molar-refractivity contribution in [2.45, 2.75) is 205 Å². The maximum Gasteiger partial charge on any atom is 0.245 e. The lowest BCUT2D eigenvalue weighted by atomic mass is 9.91. The summed E-state index contributed by atoms with van der Waals surface area (Å²) in [5, 5.41) is 51.6. The molecule has 3 aliphatic rings. The molecule has 0 aliphatic carbocycles. The largest absolute Gasteiger partial charge is 0.508 e. The minimum atomic E-state index is -1.49. The Morgan fingerprint density at radius 3 is 1.97 bits per heavy atom. The van der Waals surface area contributed by atoms with Gasteiger partial charge in [-0.05, 0) is 107 Å². The van der Waals surface area contributed by atoms with E-state index < -0.39 is 89.9 Å². The van der Waals surface area contributed by atoms with Crippen LogP contribution in [0.1, 0.15) is 155 Å². The summed E-state index contributed by atoms with van der Waals surface area (Å²) in [6.07, 6.45) is 9.03. The summed E-state index contributed by atoms with van der Waals surface area (Å²) in [6, 6.07) is -0.298. The molecule has 12 N–H and O–H groups in total. The molecule has 3 heterocycles. The molecule has 7 amide bonds. The van der Waals surface area contributed by atoms with Crippen LogP contribution in [0.3, 0.4) is 0 Å². The number of phenols is 1. The Bertz CT molecular complexity index is 1910. The van der Waals surface area contributed by atoms with Gasteiger partial charge in [0.05, 0.1) is 12.7 Å². The van der Waals surface area contributed by atoms with E-state index in [-0.39, 0.29) is 83.5 Å². The molecule has 8 unspecified atom stereocenters. The van der Waals surface area contributed by atoms with Crippen molar-refractivity contribution in [2.24, 2.45) is 17.6 Å². The van der Waals surface area contributed by atoms with Crippen LogP contribution in [0.25, 0.3) is 0 Å². The van der Waals surface area contributed by atoms with Crippen molar-refractivity contribution >= 4 is 41.4 Å². The van der Waals surface area contributed by atoms with Crippen molar-refractivity contribution in [3.8, 4) is 5.75 Å². The number of hydrogen-bond acceptors (Lipinski definition) is 13. The van der Waals surface area contributed by atoms with Gasteiger partial charge in [0.25, 0.3) is 0 Å². The van der Waals surface area contributed by atoms with Gasteiger partial charge in [-0.1, -0.05) is 84.8 Å². The second-order valence-electron chi connectivity index (χ2n) is 21.0. The number of benzene rings is 1. The van der Waals surface area contributed by atoms with Gasteiger partial charge in [0.2, 0.25) is 41.4 Å². The molecule has 418 valence electrons. The number of unbranched alkanes of at least 4 members (excludes halogenated alkanes) is 5. The molecule has 0 radical (unpaired) electrons. The van der Waals surface area contributed by atoms with Crippen LogP contribution in [0.15, 0.2) is 24.3 Å². The van der Waals surface area contributed by atoms with E-state index in [0.717, 1.165) is 37.2 Å². The molecule has 74 heavy (non-hydrogen) atoms. The Balaban J connectivity index is 1.63. The number of fused-ring (bicyclic) bond motifs is 2. The van der Waals surface area contributed by atoms with Crippen molar-refractivity contribution in [3.05, 3.63) is 29.8 Å². The number of phenolic OH excluding ortho intramolecular Hbond substituents is 1. The van der Waals surface area contributed by atoms with E-state index in [1.54, 1.807) is 19.1 Å². The van der Waals surface area contributed by atoms with Crippen LogP contribution < -0.4 is 43.0 Å². The third kappa shape index (κ3) is 20.3. The molecule has 3 aliphatic heterocycles. The average molecular weight is 1040 g/mol. The van der Waals surface area contributed by atoms with Crippen LogP contribution in [0.5, 0.6) is 5.75 Å². The Labute approximate surface area is 439 Å². The van der Waals surface area contributed by atoms with E-state index in [9.17, 15) is 48.9 Å². The van der Waals surface area contributed by atoms with Crippen LogP contribution in [0, 0.1) is 11.8 Å². The first kappa shape index (κ1) is 61.7. The number of carbonyl (C=O) groups excluding carboxylic acids is 7. The molecule has 20 nitrogen and oxygen atoms in total. The first-order chi connectivity index (χ1) is 35.6. The van der Waals surface area contributed by atoms with E-state index in [0.29, 0.717) is 51.1 Å². The molecule has 1 aromatic rings. The number of nitrogens with zero attached hydrogens (tertiary/aromatic N) is 2. The lowest BCUT2D eigenvalue weighted by Gasteiger charge is -2.33. The van der Waals surface area contributed by atoms with Gasteiger partial charge in [-0.15, -0.1) is 0 Å². The van der Waals surface area contributed by atoms with Crippen molar-refractivity contribution in [1.29, 1.82) is 0 Å². The lowest BCUT2D eigenvalue weighted by molar-refractivity contribution is -0.143. The number of hydrogen-bond donors (Lipinski definition) is 11. The second-order valence-corrected chi connectivity index (χ2v) is 21.0. The molecule has 3 fully saturated rings. The van der Waals surface area contributed by atoms with E-state index in [2.05, 4.69) is 58.0 Å². The normalized spacial score (nSPS) is 25.5. The standard InChI is InChI=1S/C54H92N10O10/c1-5-36(3)34-37(4)16-11-9-7-8-10-12-20-47(68)58-43-35-46(67)48(57-29-28-56-30-33-65)62-52(72)45-19-15-32-64(45)54(74)42(17-13-27-55)61-49(69)41(26-23-38-21-24-39(66)25-22-38)60-51(71)44-18-14-31-63(44)53(73)40(6-2)59-50(43)70/h21-22,24-25,36-37,40-46,48,56-57,65-67H,5-20,23,26-35,55H2,1-4H3,(H,58,68)(H,59,70)(H,60,71)(H,61,69)(H,62,72)/t36?,37?,40?,41?,42?,43-,44?,45?,46+,48?/m0/s1. The zero-order valence-electron chi connectivity index (χ0n) is 44.8. The third-order valence-corrected chi connectivity index (χ3v) is 14.9. The number of aliphatic hydroxyl groups is 2. The van der Waals surface area contributed by atoms with E-state index in [4.69, 9.17) is 5.73 Å². The summed E-state index contributed by atoms with van der Waals surface area (Å²) in [6.45, 7) is 9.92. The fraction of sp³-hybridized carbons (Fsp3) is 0.759.